The van der Waals surface area contributed by atoms with E-state index in [4.69, 9.17) is 39.5 Å². The van der Waals surface area contributed by atoms with Crippen LogP contribution in [0.1, 0.15) is 63.6 Å². The first-order chi connectivity index (χ1) is 13.1. The van der Waals surface area contributed by atoms with E-state index in [9.17, 15) is 5.11 Å². The third-order valence-corrected chi connectivity index (χ3v) is 6.33. The normalized spacial score (nSPS) is 12.9. The number of aryl methyl sites for hydroxylation is 1. The first-order valence-electron chi connectivity index (χ1n) is 9.69. The number of phenols is 1. The molecule has 0 fully saturated rings. The zero-order chi connectivity index (χ0) is 21.1. The Morgan fingerprint density at radius 2 is 1.54 bits per heavy atom. The molecule has 2 aromatic rings. The van der Waals surface area contributed by atoms with Crippen molar-refractivity contribution in [1.29, 1.82) is 0 Å². The molecule has 2 aromatic carbocycles. The zero-order valence-corrected chi connectivity index (χ0v) is 19.5. The third kappa shape index (κ3) is 5.28. The van der Waals surface area contributed by atoms with Gasteiger partial charge in [-0.05, 0) is 60.6 Å². The second-order valence-corrected chi connectivity index (χ2v) is 9.24. The summed E-state index contributed by atoms with van der Waals surface area (Å²) in [6.07, 6.45) is 3.36. The van der Waals surface area contributed by atoms with Gasteiger partial charge in [-0.1, -0.05) is 75.0 Å². The Balaban J connectivity index is 2.25. The molecule has 1 atom stereocenters. The van der Waals surface area contributed by atoms with Gasteiger partial charge in [-0.3, -0.25) is 0 Å². The van der Waals surface area contributed by atoms with Crippen LogP contribution in [-0.2, 0) is 5.41 Å². The number of ether oxygens (including phenoxy) is 1. The lowest BCUT2D eigenvalue weighted by Crippen LogP contribution is -2.19. The van der Waals surface area contributed by atoms with Crippen LogP contribution in [0.25, 0.3) is 0 Å². The molecule has 0 saturated heterocycles. The minimum atomic E-state index is -0.398. The summed E-state index contributed by atoms with van der Waals surface area (Å²) in [5.74, 6) is 1.36. The highest BCUT2D eigenvalue weighted by Crippen LogP contribution is 2.42. The van der Waals surface area contributed by atoms with E-state index in [2.05, 4.69) is 33.8 Å². The maximum atomic E-state index is 9.84. The number of halogens is 3. The molecule has 154 valence electrons. The monoisotopic (exact) mass is 442 g/mol. The summed E-state index contributed by atoms with van der Waals surface area (Å²) in [5.41, 5.74) is 2.53. The number of aromatic hydroxyl groups is 1. The standard InChI is InChI=1S/C23H29Cl3O2/c1-6-14(2)8-7-9-28-22-15(3)10-16(13-20(22)26)23(4,5)17-11-18(24)21(27)19(25)12-17/h10-14,27H,6-9H2,1-5H3. The van der Waals surface area contributed by atoms with Crippen LogP contribution in [0.15, 0.2) is 24.3 Å². The van der Waals surface area contributed by atoms with Gasteiger partial charge in [0.1, 0.15) is 5.75 Å². The molecule has 1 unspecified atom stereocenters. The van der Waals surface area contributed by atoms with Crippen molar-refractivity contribution in [3.8, 4) is 11.5 Å². The summed E-state index contributed by atoms with van der Waals surface area (Å²) in [7, 11) is 0. The van der Waals surface area contributed by atoms with E-state index >= 15 is 0 Å². The molecular weight excluding hydrogens is 415 g/mol. The van der Waals surface area contributed by atoms with Crippen molar-refractivity contribution in [2.24, 2.45) is 5.92 Å². The van der Waals surface area contributed by atoms with Crippen LogP contribution in [-0.4, -0.2) is 11.7 Å². The van der Waals surface area contributed by atoms with Gasteiger partial charge in [0, 0.05) is 5.41 Å². The SMILES string of the molecule is CCC(C)CCCOc1c(C)cc(C(C)(C)c2cc(Cl)c(O)c(Cl)c2)cc1Cl. The highest BCUT2D eigenvalue weighted by molar-refractivity contribution is 6.37. The summed E-state index contributed by atoms with van der Waals surface area (Å²) in [6.45, 7) is 11.3. The summed E-state index contributed by atoms with van der Waals surface area (Å²) >= 11 is 18.8. The van der Waals surface area contributed by atoms with Crippen LogP contribution >= 0.6 is 34.8 Å². The lowest BCUT2D eigenvalue weighted by molar-refractivity contribution is 0.292. The Hall–Kier alpha value is -1.09. The van der Waals surface area contributed by atoms with Crippen molar-refractivity contribution in [3.05, 3.63) is 56.0 Å². The molecule has 2 rings (SSSR count). The van der Waals surface area contributed by atoms with Gasteiger partial charge in [0.2, 0.25) is 0 Å². The average Bonchev–Trinajstić information content (AvgIpc) is 2.63. The van der Waals surface area contributed by atoms with Crippen molar-refractivity contribution in [1.82, 2.24) is 0 Å². The van der Waals surface area contributed by atoms with E-state index in [1.165, 1.54) is 6.42 Å². The average molecular weight is 444 g/mol. The lowest BCUT2D eigenvalue weighted by atomic mass is 9.77. The van der Waals surface area contributed by atoms with Gasteiger partial charge in [-0.2, -0.15) is 0 Å². The predicted molar refractivity (Wildman–Crippen MR) is 121 cm³/mol. The van der Waals surface area contributed by atoms with Crippen LogP contribution in [0.5, 0.6) is 11.5 Å². The van der Waals surface area contributed by atoms with Gasteiger partial charge < -0.3 is 9.84 Å². The Bertz CT molecular complexity index is 785. The maximum Gasteiger partial charge on any atom is 0.152 e. The predicted octanol–water partition coefficient (Wildman–Crippen LogP) is 8.19. The van der Waals surface area contributed by atoms with Crippen molar-refractivity contribution in [3.63, 3.8) is 0 Å². The Morgan fingerprint density at radius 1 is 1.00 bits per heavy atom. The molecule has 1 N–H and O–H groups in total. The number of hydrogen-bond acceptors (Lipinski definition) is 2. The molecule has 0 aliphatic heterocycles. The molecule has 5 heteroatoms. The summed E-state index contributed by atoms with van der Waals surface area (Å²) in [5, 5.41) is 10.9. The highest BCUT2D eigenvalue weighted by Gasteiger charge is 2.27. The van der Waals surface area contributed by atoms with E-state index in [1.54, 1.807) is 12.1 Å². The lowest BCUT2D eigenvalue weighted by Gasteiger charge is -2.28. The maximum absolute atomic E-state index is 9.84. The van der Waals surface area contributed by atoms with Crippen molar-refractivity contribution in [2.45, 2.75) is 59.3 Å². The van der Waals surface area contributed by atoms with E-state index in [0.29, 0.717) is 17.5 Å². The molecule has 0 radical (unpaired) electrons. The molecule has 0 spiro atoms. The molecular formula is C23H29Cl3O2. The second kappa shape index (κ2) is 9.61. The molecule has 0 aromatic heterocycles. The fourth-order valence-electron chi connectivity index (χ4n) is 3.18. The molecule has 0 amide bonds. The largest absolute Gasteiger partial charge is 0.505 e. The Labute approximate surface area is 183 Å². The second-order valence-electron chi connectivity index (χ2n) is 8.02. The number of rotatable bonds is 8. The first kappa shape index (κ1) is 23.2. The summed E-state index contributed by atoms with van der Waals surface area (Å²) in [4.78, 5) is 0. The van der Waals surface area contributed by atoms with Gasteiger partial charge >= 0.3 is 0 Å². The number of benzene rings is 2. The van der Waals surface area contributed by atoms with Gasteiger partial charge in [0.15, 0.2) is 5.75 Å². The van der Waals surface area contributed by atoms with Crippen molar-refractivity contribution >= 4 is 34.8 Å². The van der Waals surface area contributed by atoms with E-state index in [0.717, 1.165) is 35.3 Å². The number of phenolic OH excluding ortho intramolecular Hbond substituents is 1. The fraction of sp³-hybridized carbons (Fsp3) is 0.478. The van der Waals surface area contributed by atoms with Gasteiger partial charge in [0.05, 0.1) is 21.7 Å². The van der Waals surface area contributed by atoms with Crippen molar-refractivity contribution < 1.29 is 9.84 Å². The van der Waals surface area contributed by atoms with Crippen LogP contribution in [0, 0.1) is 12.8 Å². The highest BCUT2D eigenvalue weighted by atomic mass is 35.5. The van der Waals surface area contributed by atoms with Crippen molar-refractivity contribution in [2.75, 3.05) is 6.61 Å². The summed E-state index contributed by atoms with van der Waals surface area (Å²) in [6, 6.07) is 7.51. The third-order valence-electron chi connectivity index (χ3n) is 5.47. The number of hydrogen-bond donors (Lipinski definition) is 1. The summed E-state index contributed by atoms with van der Waals surface area (Å²) < 4.78 is 5.98. The van der Waals surface area contributed by atoms with E-state index in [1.807, 2.05) is 13.0 Å². The minimum absolute atomic E-state index is 0.0989. The molecule has 2 nitrogen and oxygen atoms in total. The van der Waals surface area contributed by atoms with Crippen LogP contribution in [0.4, 0.5) is 0 Å². The van der Waals surface area contributed by atoms with Crippen LogP contribution in [0.3, 0.4) is 0 Å². The first-order valence-corrected chi connectivity index (χ1v) is 10.8. The fourth-order valence-corrected chi connectivity index (χ4v) is 3.99. The minimum Gasteiger partial charge on any atom is -0.505 e. The molecule has 0 saturated carbocycles. The zero-order valence-electron chi connectivity index (χ0n) is 17.2. The smallest absolute Gasteiger partial charge is 0.152 e. The van der Waals surface area contributed by atoms with E-state index in [-0.39, 0.29) is 15.8 Å². The molecule has 28 heavy (non-hydrogen) atoms. The quantitative estimate of drug-likeness (QED) is 0.417. The molecule has 0 aliphatic carbocycles. The molecule has 0 aliphatic rings. The van der Waals surface area contributed by atoms with Crippen LogP contribution in [0.2, 0.25) is 15.1 Å². The van der Waals surface area contributed by atoms with Crippen LogP contribution < -0.4 is 4.74 Å². The molecule has 0 bridgehead atoms. The van der Waals surface area contributed by atoms with Gasteiger partial charge in [-0.25, -0.2) is 0 Å². The molecule has 0 heterocycles. The van der Waals surface area contributed by atoms with Gasteiger partial charge in [-0.15, -0.1) is 0 Å². The Kier molecular flexibility index (Phi) is 7.96. The topological polar surface area (TPSA) is 29.5 Å². The van der Waals surface area contributed by atoms with Gasteiger partial charge in [0.25, 0.3) is 0 Å². The van der Waals surface area contributed by atoms with E-state index < -0.39 is 5.41 Å². The Morgan fingerprint density at radius 3 is 2.07 bits per heavy atom.